The number of aromatic nitrogens is 2. The fourth-order valence-electron chi connectivity index (χ4n) is 1.45. The molecule has 1 aromatic heterocycles. The number of rotatable bonds is 3. The van der Waals surface area contributed by atoms with E-state index in [1.807, 2.05) is 0 Å². The van der Waals surface area contributed by atoms with Crippen LogP contribution in [-0.2, 0) is 4.74 Å². The Balaban J connectivity index is 2.07. The third-order valence-corrected chi connectivity index (χ3v) is 2.52. The van der Waals surface area contributed by atoms with Gasteiger partial charge in [0.25, 0.3) is 0 Å². The molecule has 1 N–H and O–H groups in total. The molecule has 1 aliphatic heterocycles. The summed E-state index contributed by atoms with van der Waals surface area (Å²) in [4.78, 5) is 10.5. The van der Waals surface area contributed by atoms with Gasteiger partial charge in [0.2, 0.25) is 5.89 Å². The van der Waals surface area contributed by atoms with E-state index in [-0.39, 0.29) is 18.1 Å². The first-order valence-electron chi connectivity index (χ1n) is 4.49. The molecule has 82 valence electrons. The lowest BCUT2D eigenvalue weighted by molar-refractivity contribution is 0.0387. The van der Waals surface area contributed by atoms with Crippen molar-refractivity contribution in [2.24, 2.45) is 0 Å². The van der Waals surface area contributed by atoms with Crippen LogP contribution in [0.1, 0.15) is 35.5 Å². The predicted octanol–water partition coefficient (Wildman–Crippen LogP) is 1.23. The van der Waals surface area contributed by atoms with Crippen molar-refractivity contribution in [1.29, 1.82) is 0 Å². The number of carbonyl (C=O) groups is 1. The van der Waals surface area contributed by atoms with Crippen LogP contribution >= 0.6 is 11.6 Å². The van der Waals surface area contributed by atoms with Gasteiger partial charge >= 0.3 is 11.9 Å². The molecular weight excluding hydrogens is 224 g/mol. The van der Waals surface area contributed by atoms with Gasteiger partial charge in [-0.25, -0.2) is 4.79 Å². The first-order chi connectivity index (χ1) is 7.20. The maximum atomic E-state index is 10.5. The molecule has 0 amide bonds. The molecule has 2 heterocycles. The monoisotopic (exact) mass is 232 g/mol. The summed E-state index contributed by atoms with van der Waals surface area (Å²) in [5.41, 5.74) is 0. The lowest BCUT2D eigenvalue weighted by Crippen LogP contribution is -2.07. The van der Waals surface area contributed by atoms with Gasteiger partial charge in [0.1, 0.15) is 6.10 Å². The molecule has 0 spiro atoms. The predicted molar refractivity (Wildman–Crippen MR) is 48.8 cm³/mol. The van der Waals surface area contributed by atoms with Gasteiger partial charge in [0, 0.05) is 5.88 Å². The summed E-state index contributed by atoms with van der Waals surface area (Å²) in [5, 5.41) is 15.6. The molecule has 1 aliphatic rings. The highest BCUT2D eigenvalue weighted by Gasteiger charge is 2.30. The Bertz CT molecular complexity index is 367. The summed E-state index contributed by atoms with van der Waals surface area (Å²) < 4.78 is 10.4. The van der Waals surface area contributed by atoms with Crippen LogP contribution in [0.15, 0.2) is 4.42 Å². The summed E-state index contributed by atoms with van der Waals surface area (Å²) in [6, 6.07) is 0. The molecule has 15 heavy (non-hydrogen) atoms. The van der Waals surface area contributed by atoms with Gasteiger partial charge in [-0.3, -0.25) is 0 Å². The van der Waals surface area contributed by atoms with Gasteiger partial charge in [-0.2, -0.15) is 0 Å². The zero-order valence-electron chi connectivity index (χ0n) is 7.72. The Kier molecular flexibility index (Phi) is 2.88. The summed E-state index contributed by atoms with van der Waals surface area (Å²) >= 11 is 5.63. The van der Waals surface area contributed by atoms with Crippen molar-refractivity contribution in [3.05, 3.63) is 11.8 Å². The van der Waals surface area contributed by atoms with Gasteiger partial charge in [-0.1, -0.05) is 0 Å². The van der Waals surface area contributed by atoms with Crippen LogP contribution in [-0.4, -0.2) is 33.3 Å². The topological polar surface area (TPSA) is 85.5 Å². The molecule has 0 aromatic carbocycles. The number of hydrogen-bond donors (Lipinski definition) is 1. The smallest absolute Gasteiger partial charge is 0.393 e. The lowest BCUT2D eigenvalue weighted by Gasteiger charge is -2.06. The van der Waals surface area contributed by atoms with E-state index in [4.69, 9.17) is 25.9 Å². The Hall–Kier alpha value is -1.14. The van der Waals surface area contributed by atoms with E-state index in [0.717, 1.165) is 12.8 Å². The molecule has 0 aliphatic carbocycles. The average molecular weight is 233 g/mol. The first-order valence-corrected chi connectivity index (χ1v) is 5.02. The number of carboxylic acids is 1. The summed E-state index contributed by atoms with van der Waals surface area (Å²) in [6.07, 6.45) is 1.20. The van der Waals surface area contributed by atoms with Crippen LogP contribution in [0.2, 0.25) is 0 Å². The minimum atomic E-state index is -1.24. The summed E-state index contributed by atoms with van der Waals surface area (Å²) in [7, 11) is 0. The molecule has 0 radical (unpaired) electrons. The second-order valence-electron chi connectivity index (χ2n) is 3.23. The highest BCUT2D eigenvalue weighted by Crippen LogP contribution is 2.32. The molecule has 1 saturated heterocycles. The van der Waals surface area contributed by atoms with Crippen molar-refractivity contribution < 1.29 is 19.1 Å². The number of halogens is 1. The van der Waals surface area contributed by atoms with Crippen LogP contribution in [0.3, 0.4) is 0 Å². The first kappa shape index (κ1) is 10.4. The normalized spacial score (nSPS) is 25.7. The fourth-order valence-corrected chi connectivity index (χ4v) is 1.68. The number of ether oxygens (including phenoxy) is 1. The van der Waals surface area contributed by atoms with Crippen molar-refractivity contribution in [3.63, 3.8) is 0 Å². The molecule has 2 unspecified atom stereocenters. The third kappa shape index (κ3) is 2.10. The van der Waals surface area contributed by atoms with Crippen molar-refractivity contribution in [1.82, 2.24) is 10.2 Å². The van der Waals surface area contributed by atoms with E-state index in [1.165, 1.54) is 0 Å². The largest absolute Gasteiger partial charge is 0.474 e. The minimum absolute atomic E-state index is 0.0168. The maximum Gasteiger partial charge on any atom is 0.393 e. The molecule has 1 aromatic rings. The van der Waals surface area contributed by atoms with Crippen molar-refractivity contribution in [2.45, 2.75) is 25.0 Å². The Morgan fingerprint density at radius 3 is 2.87 bits per heavy atom. The molecule has 7 heteroatoms. The van der Waals surface area contributed by atoms with Crippen LogP contribution < -0.4 is 0 Å². The number of nitrogens with zero attached hydrogens (tertiary/aromatic N) is 2. The van der Waals surface area contributed by atoms with E-state index in [9.17, 15) is 4.79 Å². The van der Waals surface area contributed by atoms with Gasteiger partial charge in [0.05, 0.1) is 6.10 Å². The maximum absolute atomic E-state index is 10.5. The molecule has 0 bridgehead atoms. The summed E-state index contributed by atoms with van der Waals surface area (Å²) in [5.74, 6) is -1.03. The lowest BCUT2D eigenvalue weighted by atomic mass is 10.2. The van der Waals surface area contributed by atoms with Crippen molar-refractivity contribution >= 4 is 17.6 Å². The molecular formula is C8H9ClN2O4. The fraction of sp³-hybridized carbons (Fsp3) is 0.625. The Morgan fingerprint density at radius 2 is 2.33 bits per heavy atom. The standard InChI is InChI=1S/C8H9ClN2O4/c9-3-4-1-2-5(14-4)6-10-11-7(15-6)8(12)13/h4-5H,1-3H2,(H,12,13). The zero-order valence-corrected chi connectivity index (χ0v) is 8.48. The second kappa shape index (κ2) is 4.16. The molecule has 2 atom stereocenters. The highest BCUT2D eigenvalue weighted by molar-refractivity contribution is 6.18. The second-order valence-corrected chi connectivity index (χ2v) is 3.54. The van der Waals surface area contributed by atoms with E-state index in [2.05, 4.69) is 10.2 Å². The Morgan fingerprint density at radius 1 is 1.53 bits per heavy atom. The van der Waals surface area contributed by atoms with E-state index in [0.29, 0.717) is 5.88 Å². The quantitative estimate of drug-likeness (QED) is 0.789. The van der Waals surface area contributed by atoms with E-state index >= 15 is 0 Å². The van der Waals surface area contributed by atoms with Crippen LogP contribution in [0.4, 0.5) is 0 Å². The third-order valence-electron chi connectivity index (χ3n) is 2.18. The van der Waals surface area contributed by atoms with Crippen LogP contribution in [0, 0.1) is 0 Å². The number of alkyl halides is 1. The van der Waals surface area contributed by atoms with Crippen LogP contribution in [0.5, 0.6) is 0 Å². The van der Waals surface area contributed by atoms with E-state index in [1.54, 1.807) is 0 Å². The average Bonchev–Trinajstić information content (AvgIpc) is 2.86. The number of aromatic carboxylic acids is 1. The summed E-state index contributed by atoms with van der Waals surface area (Å²) in [6.45, 7) is 0. The molecule has 1 fully saturated rings. The van der Waals surface area contributed by atoms with Gasteiger partial charge in [-0.15, -0.1) is 21.8 Å². The van der Waals surface area contributed by atoms with Crippen LogP contribution in [0.25, 0.3) is 0 Å². The minimum Gasteiger partial charge on any atom is -0.474 e. The van der Waals surface area contributed by atoms with E-state index < -0.39 is 11.9 Å². The van der Waals surface area contributed by atoms with Crippen molar-refractivity contribution in [2.75, 3.05) is 5.88 Å². The van der Waals surface area contributed by atoms with Gasteiger partial charge in [-0.05, 0) is 12.8 Å². The van der Waals surface area contributed by atoms with Gasteiger partial charge < -0.3 is 14.3 Å². The zero-order chi connectivity index (χ0) is 10.8. The molecule has 0 saturated carbocycles. The van der Waals surface area contributed by atoms with Crippen molar-refractivity contribution in [3.8, 4) is 0 Å². The molecule has 2 rings (SSSR count). The number of carboxylic acid groups (broad SMARTS) is 1. The number of hydrogen-bond acceptors (Lipinski definition) is 5. The van der Waals surface area contributed by atoms with Gasteiger partial charge in [0.15, 0.2) is 0 Å². The molecule has 6 nitrogen and oxygen atoms in total. The highest BCUT2D eigenvalue weighted by atomic mass is 35.5. The Labute approximate surface area is 90.2 Å². The SMILES string of the molecule is O=C(O)c1nnc(C2CCC(CCl)O2)o1.